The van der Waals surface area contributed by atoms with Crippen molar-refractivity contribution >= 4 is 40.6 Å². The van der Waals surface area contributed by atoms with Gasteiger partial charge in [-0.3, -0.25) is 19.2 Å². The number of amides is 3. The van der Waals surface area contributed by atoms with Crippen molar-refractivity contribution in [1.29, 1.82) is 0 Å². The summed E-state index contributed by atoms with van der Waals surface area (Å²) in [6.45, 7) is 7.56. The molecule has 9 nitrogen and oxygen atoms in total. The summed E-state index contributed by atoms with van der Waals surface area (Å²) in [7, 11) is 0. The lowest BCUT2D eigenvalue weighted by atomic mass is 10.1. The first-order valence-electron chi connectivity index (χ1n) is 12.8. The normalized spacial score (nSPS) is 22.4. The third kappa shape index (κ3) is 5.79. The Balaban J connectivity index is 1.32. The molecule has 2 saturated carbocycles. The number of fused-ring (bicyclic) bond motifs is 1. The number of aromatic nitrogens is 1. The molecule has 3 fully saturated rings. The van der Waals surface area contributed by atoms with Crippen LogP contribution in [0, 0.1) is 6.92 Å². The molecule has 3 amide bonds. The Morgan fingerprint density at radius 3 is 2.57 bits per heavy atom. The molecule has 2 aliphatic carbocycles. The molecule has 0 radical (unpaired) electrons. The maximum Gasteiger partial charge on any atom is 0.411 e. The highest BCUT2D eigenvalue weighted by atomic mass is 32.2. The van der Waals surface area contributed by atoms with E-state index in [1.165, 1.54) is 16.8 Å². The topological polar surface area (TPSA) is 110 Å². The second-order valence-corrected chi connectivity index (χ2v) is 12.3. The van der Waals surface area contributed by atoms with Crippen molar-refractivity contribution in [2.24, 2.45) is 0 Å². The summed E-state index contributed by atoms with van der Waals surface area (Å²) in [5.41, 5.74) is -0.521. The number of hydrogen-bond donors (Lipinski definition) is 2. The van der Waals surface area contributed by atoms with E-state index in [1.54, 1.807) is 27.0 Å². The van der Waals surface area contributed by atoms with Crippen molar-refractivity contribution in [2.75, 3.05) is 6.54 Å². The summed E-state index contributed by atoms with van der Waals surface area (Å²) in [5, 5.41) is 5.32. The van der Waals surface area contributed by atoms with Crippen molar-refractivity contribution in [3.63, 3.8) is 0 Å². The number of benzene rings is 1. The summed E-state index contributed by atoms with van der Waals surface area (Å²) >= 11 is 1.43. The summed E-state index contributed by atoms with van der Waals surface area (Å²) in [5.74, 6) is -0.0861. The van der Waals surface area contributed by atoms with Crippen LogP contribution in [0.15, 0.2) is 30.5 Å². The van der Waals surface area contributed by atoms with Gasteiger partial charge in [-0.15, -0.1) is 0 Å². The van der Waals surface area contributed by atoms with E-state index >= 15 is 0 Å². The third-order valence-electron chi connectivity index (χ3n) is 6.85. The molecule has 0 spiro atoms. The van der Waals surface area contributed by atoms with E-state index in [2.05, 4.69) is 15.0 Å². The molecular weight excluding hydrogens is 492 g/mol. The molecule has 5 rings (SSSR count). The Labute approximate surface area is 221 Å². The molecule has 198 valence electrons. The number of nitrogens with zero attached hydrogens (tertiary/aromatic N) is 2. The van der Waals surface area contributed by atoms with Crippen LogP contribution >= 0.6 is 11.9 Å². The lowest BCUT2D eigenvalue weighted by molar-refractivity contribution is -0.131. The van der Waals surface area contributed by atoms with Crippen molar-refractivity contribution in [2.45, 2.75) is 88.3 Å². The number of nitrogens with one attached hydrogen (secondary N) is 2. The van der Waals surface area contributed by atoms with Gasteiger partial charge < -0.3 is 14.8 Å². The molecule has 2 N–H and O–H groups in total. The van der Waals surface area contributed by atoms with Crippen LogP contribution in [-0.4, -0.2) is 62.9 Å². The van der Waals surface area contributed by atoms with Crippen LogP contribution in [-0.2, 0) is 14.3 Å². The monoisotopic (exact) mass is 526 g/mol. The summed E-state index contributed by atoms with van der Waals surface area (Å²) < 4.78 is 14.8. The van der Waals surface area contributed by atoms with E-state index in [9.17, 15) is 14.4 Å². The zero-order valence-electron chi connectivity index (χ0n) is 21.7. The fourth-order valence-corrected chi connectivity index (χ4v) is 5.36. The SMILES string of the molecule is Cc1cccc2c(O[C@@H]3C[C@@H](C(=O)NC4(C(=O)NSC5CC5)CC4)N(C(=O)OC(C)(C)C)C3)nccc12. The molecule has 2 atom stereocenters. The van der Waals surface area contributed by atoms with Crippen LogP contribution < -0.4 is 14.8 Å². The van der Waals surface area contributed by atoms with Crippen molar-refractivity contribution in [3.05, 3.63) is 36.0 Å². The van der Waals surface area contributed by atoms with E-state index in [0.29, 0.717) is 24.0 Å². The second kappa shape index (κ2) is 9.70. The maximum atomic E-state index is 13.5. The Morgan fingerprint density at radius 1 is 1.14 bits per heavy atom. The smallest absolute Gasteiger partial charge is 0.411 e. The first-order chi connectivity index (χ1) is 17.5. The number of pyridine rings is 1. The quantitative estimate of drug-likeness (QED) is 0.527. The van der Waals surface area contributed by atoms with Crippen molar-refractivity contribution in [3.8, 4) is 5.88 Å². The Bertz CT molecular complexity index is 1220. The Hall–Kier alpha value is -3.01. The predicted molar refractivity (Wildman–Crippen MR) is 141 cm³/mol. The number of aryl methyl sites for hydroxylation is 1. The van der Waals surface area contributed by atoms with E-state index in [4.69, 9.17) is 9.47 Å². The van der Waals surface area contributed by atoms with Crippen molar-refractivity contribution < 1.29 is 23.9 Å². The number of carbonyl (C=O) groups is 3. The van der Waals surface area contributed by atoms with Gasteiger partial charge in [-0.25, -0.2) is 9.78 Å². The predicted octanol–water partition coefficient (Wildman–Crippen LogP) is 3.88. The average Bonchev–Trinajstić information content (AvgIpc) is 3.76. The molecule has 3 aliphatic rings. The molecule has 2 heterocycles. The second-order valence-electron chi connectivity index (χ2n) is 11.2. The van der Waals surface area contributed by atoms with E-state index in [0.717, 1.165) is 29.2 Å². The fourth-order valence-electron chi connectivity index (χ4n) is 4.52. The minimum atomic E-state index is -0.910. The minimum absolute atomic E-state index is 0.174. The largest absolute Gasteiger partial charge is 0.472 e. The van der Waals surface area contributed by atoms with Gasteiger partial charge in [-0.05, 0) is 88.4 Å². The van der Waals surface area contributed by atoms with Gasteiger partial charge in [0.2, 0.25) is 11.8 Å². The van der Waals surface area contributed by atoms with Gasteiger partial charge in [0.05, 0.1) is 6.54 Å². The van der Waals surface area contributed by atoms with Crippen molar-refractivity contribution in [1.82, 2.24) is 19.9 Å². The lowest BCUT2D eigenvalue weighted by Gasteiger charge is -2.28. The number of ether oxygens (including phenoxy) is 2. The Kier molecular flexibility index (Phi) is 6.72. The molecule has 0 bridgehead atoms. The van der Waals surface area contributed by atoms with Crippen LogP contribution in [0.5, 0.6) is 5.88 Å². The summed E-state index contributed by atoms with van der Waals surface area (Å²) in [4.78, 5) is 45.2. The maximum absolute atomic E-state index is 13.5. The highest BCUT2D eigenvalue weighted by molar-refractivity contribution is 7.98. The van der Waals surface area contributed by atoms with Gasteiger partial charge in [0.15, 0.2) is 0 Å². The van der Waals surface area contributed by atoms with Gasteiger partial charge in [-0.1, -0.05) is 12.1 Å². The highest BCUT2D eigenvalue weighted by Crippen LogP contribution is 2.39. The minimum Gasteiger partial charge on any atom is -0.472 e. The lowest BCUT2D eigenvalue weighted by Crippen LogP contribution is -2.54. The third-order valence-corrected chi connectivity index (χ3v) is 7.96. The Morgan fingerprint density at radius 2 is 1.89 bits per heavy atom. The first-order valence-corrected chi connectivity index (χ1v) is 13.7. The highest BCUT2D eigenvalue weighted by Gasteiger charge is 2.54. The van der Waals surface area contributed by atoms with Crippen LogP contribution in [0.2, 0.25) is 0 Å². The van der Waals surface area contributed by atoms with Gasteiger partial charge >= 0.3 is 6.09 Å². The standard InChI is InChI=1S/C27H34N4O5S/c1-16-6-5-7-20-19(16)10-13-28-23(20)35-17-14-21(31(15-17)25(34)36-26(2,3)4)22(32)29-27(11-12-27)24(33)30-37-18-8-9-18/h5-7,10,13,17-18,21H,8-9,11-12,14-15H2,1-4H3,(H,29,32)(H,30,33)/t17-,21+/m1/s1. The summed E-state index contributed by atoms with van der Waals surface area (Å²) in [6.07, 6.45) is 4.28. The fraction of sp³-hybridized carbons (Fsp3) is 0.556. The zero-order chi connectivity index (χ0) is 26.4. The van der Waals surface area contributed by atoms with Gasteiger partial charge in [-0.2, -0.15) is 0 Å². The van der Waals surface area contributed by atoms with E-state index < -0.39 is 29.4 Å². The van der Waals surface area contributed by atoms with Crippen LogP contribution in [0.25, 0.3) is 10.8 Å². The number of likely N-dealkylation sites (tertiary alicyclic amines) is 1. The molecule has 1 aliphatic heterocycles. The van der Waals surface area contributed by atoms with Crippen LogP contribution in [0.1, 0.15) is 58.4 Å². The van der Waals surface area contributed by atoms with Gasteiger partial charge in [0.25, 0.3) is 5.91 Å². The van der Waals surface area contributed by atoms with Gasteiger partial charge in [0.1, 0.15) is 23.3 Å². The molecule has 0 unspecified atom stereocenters. The molecule has 1 aromatic heterocycles. The van der Waals surface area contributed by atoms with E-state index in [1.807, 2.05) is 31.2 Å². The summed E-state index contributed by atoms with van der Waals surface area (Å²) in [6, 6.07) is 7.05. The van der Waals surface area contributed by atoms with E-state index in [-0.39, 0.29) is 24.8 Å². The molecule has 37 heavy (non-hydrogen) atoms. The van der Waals surface area contributed by atoms with Crippen LogP contribution in [0.4, 0.5) is 4.79 Å². The molecule has 10 heteroatoms. The first kappa shape index (κ1) is 25.6. The van der Waals surface area contributed by atoms with Crippen LogP contribution in [0.3, 0.4) is 0 Å². The number of rotatable bonds is 7. The molecule has 1 aromatic carbocycles. The van der Waals surface area contributed by atoms with Gasteiger partial charge in [0, 0.05) is 23.3 Å². The zero-order valence-corrected chi connectivity index (χ0v) is 22.5. The molecule has 1 saturated heterocycles. The molecule has 2 aromatic rings. The number of hydrogen-bond acceptors (Lipinski definition) is 7. The molecular formula is C27H34N4O5S. The average molecular weight is 527 g/mol. The number of carbonyl (C=O) groups excluding carboxylic acids is 3.